The molecule has 122 valence electrons. The van der Waals surface area contributed by atoms with Crippen molar-refractivity contribution in [3.63, 3.8) is 0 Å². The summed E-state index contributed by atoms with van der Waals surface area (Å²) in [4.78, 5) is 24.3. The van der Waals surface area contributed by atoms with Crippen molar-refractivity contribution < 1.29 is 36.2 Å². The first-order valence-electron chi connectivity index (χ1n) is 6.68. The Morgan fingerprint density at radius 1 is 1.23 bits per heavy atom. The lowest BCUT2D eigenvalue weighted by Crippen LogP contribution is -2.41. The van der Waals surface area contributed by atoms with E-state index in [1.54, 1.807) is 12.2 Å². The van der Waals surface area contributed by atoms with E-state index in [0.717, 1.165) is 0 Å². The molecule has 0 radical (unpaired) electrons. The van der Waals surface area contributed by atoms with E-state index in [1.807, 2.05) is 0 Å². The van der Waals surface area contributed by atoms with Crippen LogP contribution in [0.4, 0.5) is 8.78 Å². The molecule has 10 heteroatoms. The van der Waals surface area contributed by atoms with Crippen LogP contribution in [-0.4, -0.2) is 42.3 Å². The fraction of sp³-hybridized carbons (Fsp3) is 0.667. The van der Waals surface area contributed by atoms with Crippen molar-refractivity contribution in [2.75, 3.05) is 6.61 Å². The van der Waals surface area contributed by atoms with E-state index in [0.29, 0.717) is 6.42 Å². The Morgan fingerprint density at radius 3 is 2.18 bits per heavy atom. The van der Waals surface area contributed by atoms with Crippen LogP contribution in [0.1, 0.15) is 12.8 Å². The average molecular weight is 337 g/mol. The second-order valence-electron chi connectivity index (χ2n) is 5.61. The van der Waals surface area contributed by atoms with Gasteiger partial charge in [-0.15, -0.1) is 9.35 Å². The first-order valence-corrected chi connectivity index (χ1v) is 8.09. The van der Waals surface area contributed by atoms with E-state index < -0.39 is 52.1 Å². The summed E-state index contributed by atoms with van der Waals surface area (Å²) < 4.78 is 54.1. The molecule has 1 heterocycles. The zero-order chi connectivity index (χ0) is 16.3. The molecule has 22 heavy (non-hydrogen) atoms. The number of imide groups is 1. The molecule has 1 aliphatic heterocycles. The van der Waals surface area contributed by atoms with Gasteiger partial charge in [0.05, 0.1) is 24.9 Å². The minimum atomic E-state index is -5.55. The second kappa shape index (κ2) is 4.80. The van der Waals surface area contributed by atoms with Gasteiger partial charge in [-0.2, -0.15) is 17.2 Å². The first-order chi connectivity index (χ1) is 10.2. The van der Waals surface area contributed by atoms with Gasteiger partial charge in [0.1, 0.15) is 0 Å². The van der Waals surface area contributed by atoms with Gasteiger partial charge in [0.2, 0.25) is 0 Å². The number of hydrogen-bond donors (Lipinski definition) is 1. The molecule has 3 rings (SSSR count). The number of carbonyl (C=O) groups excluding carboxylic acids is 2. The Bertz CT molecular complexity index is 631. The third-order valence-corrected chi connectivity index (χ3v) is 5.65. The number of alkyl halides is 2. The number of aliphatic hydroxyl groups is 1. The Labute approximate surface area is 124 Å². The molecule has 3 aliphatic rings. The minimum absolute atomic E-state index is 0.0535. The summed E-state index contributed by atoms with van der Waals surface area (Å²) in [6, 6.07) is 0. The smallest absolute Gasteiger partial charge is 0.374 e. The standard InChI is InChI=1S/C12H13F2NO6S/c13-12(14,3-4-16)22(19,20)21-15-10(17)8-6-1-2-7(5-6)9(8)11(15)18/h1-2,6-9,16H,3-5H2. The van der Waals surface area contributed by atoms with Gasteiger partial charge in [0.25, 0.3) is 11.8 Å². The minimum Gasteiger partial charge on any atom is -0.396 e. The molecule has 0 aromatic heterocycles. The fourth-order valence-electron chi connectivity index (χ4n) is 3.36. The van der Waals surface area contributed by atoms with Crippen molar-refractivity contribution in [1.82, 2.24) is 5.06 Å². The average Bonchev–Trinajstić information content (AvgIpc) is 3.08. The van der Waals surface area contributed by atoms with E-state index in [9.17, 15) is 26.8 Å². The molecule has 2 fully saturated rings. The molecule has 7 nitrogen and oxygen atoms in total. The molecule has 4 atom stereocenters. The lowest BCUT2D eigenvalue weighted by Gasteiger charge is -2.20. The summed E-state index contributed by atoms with van der Waals surface area (Å²) >= 11 is 0. The lowest BCUT2D eigenvalue weighted by atomic mass is 9.85. The molecule has 1 N–H and O–H groups in total. The van der Waals surface area contributed by atoms with Crippen LogP contribution in [0.5, 0.6) is 0 Å². The first kappa shape index (κ1) is 15.5. The summed E-state index contributed by atoms with van der Waals surface area (Å²) in [5.74, 6) is -3.69. The van der Waals surface area contributed by atoms with Gasteiger partial charge in [-0.25, -0.2) is 0 Å². The maximum absolute atomic E-state index is 13.4. The highest BCUT2D eigenvalue weighted by Gasteiger charge is 2.62. The third-order valence-electron chi connectivity index (χ3n) is 4.37. The second-order valence-corrected chi connectivity index (χ2v) is 7.26. The van der Waals surface area contributed by atoms with E-state index in [1.165, 1.54) is 0 Å². The number of rotatable bonds is 5. The normalized spacial score (nSPS) is 33.9. The lowest BCUT2D eigenvalue weighted by molar-refractivity contribution is -0.167. The molecule has 2 aliphatic carbocycles. The van der Waals surface area contributed by atoms with Crippen LogP contribution < -0.4 is 0 Å². The third kappa shape index (κ3) is 2.01. The van der Waals surface area contributed by atoms with Crippen LogP contribution >= 0.6 is 0 Å². The van der Waals surface area contributed by atoms with Gasteiger partial charge in [-0.05, 0) is 18.3 Å². The largest absolute Gasteiger partial charge is 0.396 e. The summed E-state index contributed by atoms with van der Waals surface area (Å²) in [6.45, 7) is -1.09. The Balaban J connectivity index is 1.83. The van der Waals surface area contributed by atoms with Gasteiger partial charge < -0.3 is 5.11 Å². The van der Waals surface area contributed by atoms with Gasteiger partial charge in [-0.1, -0.05) is 12.2 Å². The van der Waals surface area contributed by atoms with Gasteiger partial charge >= 0.3 is 15.4 Å². The zero-order valence-electron chi connectivity index (χ0n) is 11.2. The number of halogens is 2. The van der Waals surface area contributed by atoms with Gasteiger partial charge in [-0.3, -0.25) is 9.59 Å². The number of hydrogen-bond acceptors (Lipinski definition) is 6. The van der Waals surface area contributed by atoms with E-state index in [2.05, 4.69) is 4.28 Å². The van der Waals surface area contributed by atoms with Crippen molar-refractivity contribution in [2.45, 2.75) is 18.1 Å². The number of hydroxylamine groups is 2. The maximum Gasteiger partial charge on any atom is 0.374 e. The molecular weight excluding hydrogens is 324 g/mol. The molecule has 1 saturated carbocycles. The number of amides is 2. The number of carbonyl (C=O) groups is 2. The number of aliphatic hydroxyl groups excluding tert-OH is 1. The van der Waals surface area contributed by atoms with Crippen molar-refractivity contribution in [3.8, 4) is 0 Å². The summed E-state index contributed by atoms with van der Waals surface area (Å²) in [5, 5.41) is 4.04. The molecule has 0 aromatic carbocycles. The monoisotopic (exact) mass is 337 g/mol. The van der Waals surface area contributed by atoms with Crippen LogP contribution in [0.2, 0.25) is 0 Å². The van der Waals surface area contributed by atoms with Crippen molar-refractivity contribution >= 4 is 21.9 Å². The van der Waals surface area contributed by atoms with Gasteiger partial charge in [0.15, 0.2) is 0 Å². The molecule has 0 spiro atoms. The van der Waals surface area contributed by atoms with E-state index >= 15 is 0 Å². The summed E-state index contributed by atoms with van der Waals surface area (Å²) in [6.07, 6.45) is 2.78. The molecular formula is C12H13F2NO6S. The van der Waals surface area contributed by atoms with Crippen LogP contribution in [-0.2, 0) is 24.0 Å². The van der Waals surface area contributed by atoms with Crippen molar-refractivity contribution in [3.05, 3.63) is 12.2 Å². The number of nitrogens with zero attached hydrogens (tertiary/aromatic N) is 1. The maximum atomic E-state index is 13.4. The SMILES string of the molecule is O=C1C2C3C=CC(C3)C2C(=O)N1OS(=O)(=O)C(F)(F)CCO. The van der Waals surface area contributed by atoms with Crippen LogP contribution in [0.25, 0.3) is 0 Å². The highest BCUT2D eigenvalue weighted by Crippen LogP contribution is 2.52. The highest BCUT2D eigenvalue weighted by atomic mass is 32.2. The zero-order valence-corrected chi connectivity index (χ0v) is 12.0. The molecule has 1 saturated heterocycles. The predicted octanol–water partition coefficient (Wildman–Crippen LogP) is 0.0301. The molecule has 0 aromatic rings. The quantitative estimate of drug-likeness (QED) is 0.561. The Kier molecular flexibility index (Phi) is 3.38. The number of allylic oxidation sites excluding steroid dienone is 2. The summed E-state index contributed by atoms with van der Waals surface area (Å²) in [5.41, 5.74) is 0. The Morgan fingerprint density at radius 2 is 1.73 bits per heavy atom. The predicted molar refractivity (Wildman–Crippen MR) is 66.2 cm³/mol. The van der Waals surface area contributed by atoms with E-state index in [4.69, 9.17) is 5.11 Å². The number of fused-ring (bicyclic) bond motifs is 5. The topological polar surface area (TPSA) is 101 Å². The van der Waals surface area contributed by atoms with Crippen LogP contribution in [0.15, 0.2) is 12.2 Å². The van der Waals surface area contributed by atoms with Crippen molar-refractivity contribution in [2.24, 2.45) is 23.7 Å². The highest BCUT2D eigenvalue weighted by molar-refractivity contribution is 7.87. The van der Waals surface area contributed by atoms with Crippen molar-refractivity contribution in [1.29, 1.82) is 0 Å². The molecule has 4 unspecified atom stereocenters. The summed E-state index contributed by atoms with van der Waals surface area (Å²) in [7, 11) is -5.55. The van der Waals surface area contributed by atoms with Gasteiger partial charge in [0, 0.05) is 0 Å². The van der Waals surface area contributed by atoms with Crippen LogP contribution in [0, 0.1) is 23.7 Å². The van der Waals surface area contributed by atoms with E-state index in [-0.39, 0.29) is 16.9 Å². The van der Waals surface area contributed by atoms with Crippen LogP contribution in [0.3, 0.4) is 0 Å². The fourth-order valence-corrected chi connectivity index (χ4v) is 4.15. The molecule has 2 amide bonds. The molecule has 2 bridgehead atoms. The Hall–Kier alpha value is -1.39.